The molecule has 1 N–H and O–H groups in total. The van der Waals surface area contributed by atoms with Gasteiger partial charge in [-0.15, -0.1) is 5.92 Å². The molecule has 0 unspecified atom stereocenters. The van der Waals surface area contributed by atoms with Crippen LogP contribution in [0.5, 0.6) is 5.75 Å². The van der Waals surface area contributed by atoms with Crippen molar-refractivity contribution in [3.05, 3.63) is 24.0 Å². The molecule has 0 aromatic heterocycles. The van der Waals surface area contributed by atoms with E-state index in [0.717, 1.165) is 12.8 Å². The van der Waals surface area contributed by atoms with Crippen molar-refractivity contribution in [3.8, 4) is 17.6 Å². The van der Waals surface area contributed by atoms with Crippen LogP contribution in [0.4, 0.5) is 10.1 Å². The summed E-state index contributed by atoms with van der Waals surface area (Å²) < 4.78 is 19.0. The van der Waals surface area contributed by atoms with E-state index in [4.69, 9.17) is 4.74 Å². The van der Waals surface area contributed by atoms with Gasteiger partial charge in [-0.25, -0.2) is 4.39 Å². The minimum atomic E-state index is -0.350. The van der Waals surface area contributed by atoms with Gasteiger partial charge in [-0.2, -0.15) is 0 Å². The number of halogens is 1. The van der Waals surface area contributed by atoms with Crippen molar-refractivity contribution >= 4 is 5.69 Å². The van der Waals surface area contributed by atoms with Crippen LogP contribution in [-0.4, -0.2) is 13.7 Å². The molecule has 1 rings (SSSR count). The molecule has 3 heteroatoms. The predicted octanol–water partition coefficient (Wildman–Crippen LogP) is 3.44. The molecule has 92 valence electrons. The number of hydrogen-bond donors (Lipinski definition) is 1. The average Bonchev–Trinajstić information content (AvgIpc) is 2.35. The Morgan fingerprint density at radius 1 is 1.29 bits per heavy atom. The van der Waals surface area contributed by atoms with E-state index in [1.165, 1.54) is 0 Å². The normalized spacial score (nSPS) is 9.35. The lowest BCUT2D eigenvalue weighted by molar-refractivity contribution is 0.310. The molecule has 0 fully saturated rings. The van der Waals surface area contributed by atoms with Gasteiger partial charge in [0.05, 0.1) is 12.3 Å². The molecule has 0 spiro atoms. The van der Waals surface area contributed by atoms with Crippen LogP contribution >= 0.6 is 0 Å². The molecule has 1 aromatic carbocycles. The molecule has 0 heterocycles. The lowest BCUT2D eigenvalue weighted by Crippen LogP contribution is -2.00. The van der Waals surface area contributed by atoms with Gasteiger partial charge in [0, 0.05) is 19.9 Å². The first kappa shape index (κ1) is 13.4. The maximum absolute atomic E-state index is 13.7. The van der Waals surface area contributed by atoms with E-state index in [2.05, 4.69) is 24.1 Å². The molecule has 2 nitrogen and oxygen atoms in total. The molecule has 0 bridgehead atoms. The average molecular weight is 235 g/mol. The summed E-state index contributed by atoms with van der Waals surface area (Å²) in [5.74, 6) is 5.94. The zero-order valence-electron chi connectivity index (χ0n) is 10.3. The Morgan fingerprint density at radius 3 is 2.76 bits per heavy atom. The Bertz CT molecular complexity index is 406. The number of unbranched alkanes of at least 4 members (excludes halogenated alkanes) is 1. The van der Waals surface area contributed by atoms with Crippen LogP contribution in [0.2, 0.25) is 0 Å². The van der Waals surface area contributed by atoms with Crippen LogP contribution < -0.4 is 10.1 Å². The van der Waals surface area contributed by atoms with Gasteiger partial charge >= 0.3 is 0 Å². The summed E-state index contributed by atoms with van der Waals surface area (Å²) in [6.45, 7) is 2.50. The summed E-state index contributed by atoms with van der Waals surface area (Å²) in [6.07, 6.45) is 2.60. The zero-order valence-corrected chi connectivity index (χ0v) is 10.3. The van der Waals surface area contributed by atoms with Crippen LogP contribution in [-0.2, 0) is 0 Å². The topological polar surface area (TPSA) is 21.3 Å². The number of rotatable bonds is 5. The van der Waals surface area contributed by atoms with Crippen molar-refractivity contribution in [1.29, 1.82) is 0 Å². The second-order valence-electron chi connectivity index (χ2n) is 3.57. The maximum atomic E-state index is 13.7. The van der Waals surface area contributed by atoms with Gasteiger partial charge in [0.1, 0.15) is 0 Å². The summed E-state index contributed by atoms with van der Waals surface area (Å²) in [5, 5.41) is 2.77. The lowest BCUT2D eigenvalue weighted by atomic mass is 10.3. The van der Waals surface area contributed by atoms with Crippen LogP contribution in [0.15, 0.2) is 18.2 Å². The first-order chi connectivity index (χ1) is 8.29. The third kappa shape index (κ3) is 4.36. The second kappa shape index (κ2) is 7.56. The summed E-state index contributed by atoms with van der Waals surface area (Å²) in [6, 6.07) is 5.05. The standard InChI is InChI=1S/C14H18FNO/c1-3-4-5-6-7-11-17-13-10-8-9-12(16-2)14(13)15/h8-10,16H,3-4,7,11H2,1-2H3. The number of anilines is 1. The highest BCUT2D eigenvalue weighted by atomic mass is 19.1. The Kier molecular flexibility index (Phi) is 5.95. The fourth-order valence-corrected chi connectivity index (χ4v) is 1.33. The summed E-state index contributed by atoms with van der Waals surface area (Å²) >= 11 is 0. The third-order valence-corrected chi connectivity index (χ3v) is 2.22. The van der Waals surface area contributed by atoms with Crippen molar-refractivity contribution in [2.75, 3.05) is 19.0 Å². The smallest absolute Gasteiger partial charge is 0.188 e. The number of hydrogen-bond acceptors (Lipinski definition) is 2. The molecule has 0 saturated heterocycles. The zero-order chi connectivity index (χ0) is 12.5. The van der Waals surface area contributed by atoms with Gasteiger partial charge in [-0.1, -0.05) is 18.9 Å². The molecule has 0 aliphatic rings. The minimum absolute atomic E-state index is 0.272. The van der Waals surface area contributed by atoms with Gasteiger partial charge in [0.25, 0.3) is 0 Å². The van der Waals surface area contributed by atoms with E-state index in [9.17, 15) is 4.39 Å². The van der Waals surface area contributed by atoms with Crippen molar-refractivity contribution in [1.82, 2.24) is 0 Å². The highest BCUT2D eigenvalue weighted by Crippen LogP contribution is 2.23. The van der Waals surface area contributed by atoms with E-state index in [1.54, 1.807) is 25.2 Å². The maximum Gasteiger partial charge on any atom is 0.188 e. The van der Waals surface area contributed by atoms with E-state index in [1.807, 2.05) is 0 Å². The number of ether oxygens (including phenoxy) is 1. The Morgan fingerprint density at radius 2 is 2.06 bits per heavy atom. The van der Waals surface area contributed by atoms with Gasteiger partial charge in [-0.05, 0) is 18.6 Å². The Hall–Kier alpha value is -1.69. The lowest BCUT2D eigenvalue weighted by Gasteiger charge is -2.08. The van der Waals surface area contributed by atoms with Crippen LogP contribution in [0.25, 0.3) is 0 Å². The Balaban J connectivity index is 2.45. The van der Waals surface area contributed by atoms with Crippen LogP contribution in [0.3, 0.4) is 0 Å². The first-order valence-corrected chi connectivity index (χ1v) is 5.84. The van der Waals surface area contributed by atoms with Crippen molar-refractivity contribution < 1.29 is 9.13 Å². The first-order valence-electron chi connectivity index (χ1n) is 5.84. The summed E-state index contributed by atoms with van der Waals surface area (Å²) in [5.41, 5.74) is 0.444. The minimum Gasteiger partial charge on any atom is -0.489 e. The molecule has 1 aromatic rings. The van der Waals surface area contributed by atoms with Crippen LogP contribution in [0.1, 0.15) is 26.2 Å². The largest absolute Gasteiger partial charge is 0.489 e. The van der Waals surface area contributed by atoms with Gasteiger partial charge in [0.15, 0.2) is 11.6 Å². The van der Waals surface area contributed by atoms with Crippen molar-refractivity contribution in [3.63, 3.8) is 0 Å². The van der Waals surface area contributed by atoms with E-state index in [0.29, 0.717) is 18.7 Å². The van der Waals surface area contributed by atoms with E-state index < -0.39 is 0 Å². The number of benzene rings is 1. The molecular weight excluding hydrogens is 217 g/mol. The monoisotopic (exact) mass is 235 g/mol. The molecule has 0 aliphatic carbocycles. The van der Waals surface area contributed by atoms with Gasteiger partial charge in [0.2, 0.25) is 0 Å². The van der Waals surface area contributed by atoms with E-state index in [-0.39, 0.29) is 11.6 Å². The molecular formula is C14H18FNO. The number of nitrogens with one attached hydrogen (secondary N) is 1. The predicted molar refractivity (Wildman–Crippen MR) is 68.7 cm³/mol. The molecule has 0 radical (unpaired) electrons. The SMILES string of the molecule is CCCC#CCCOc1cccc(NC)c1F. The second-order valence-corrected chi connectivity index (χ2v) is 3.57. The summed E-state index contributed by atoms with van der Waals surface area (Å²) in [4.78, 5) is 0. The highest BCUT2D eigenvalue weighted by Gasteiger charge is 2.06. The third-order valence-electron chi connectivity index (χ3n) is 2.22. The molecule has 0 saturated carbocycles. The van der Waals surface area contributed by atoms with Crippen molar-refractivity contribution in [2.24, 2.45) is 0 Å². The Labute approximate surface area is 102 Å². The fourth-order valence-electron chi connectivity index (χ4n) is 1.33. The van der Waals surface area contributed by atoms with Crippen LogP contribution in [0, 0.1) is 17.7 Å². The van der Waals surface area contributed by atoms with Crippen molar-refractivity contribution in [2.45, 2.75) is 26.2 Å². The molecule has 0 aliphatic heterocycles. The van der Waals surface area contributed by atoms with Gasteiger partial charge < -0.3 is 10.1 Å². The fraction of sp³-hybridized carbons (Fsp3) is 0.429. The van der Waals surface area contributed by atoms with E-state index >= 15 is 0 Å². The molecule has 17 heavy (non-hydrogen) atoms. The highest BCUT2D eigenvalue weighted by molar-refractivity contribution is 5.49. The molecule has 0 atom stereocenters. The molecule has 0 amide bonds. The quantitative estimate of drug-likeness (QED) is 0.623. The summed E-state index contributed by atoms with van der Waals surface area (Å²) in [7, 11) is 1.68. The van der Waals surface area contributed by atoms with Gasteiger partial charge in [-0.3, -0.25) is 0 Å².